The molecule has 0 spiro atoms. The van der Waals surface area contributed by atoms with Crippen LogP contribution in [0.4, 0.5) is 0 Å². The van der Waals surface area contributed by atoms with E-state index in [1.807, 2.05) is 36.1 Å². The minimum atomic E-state index is 0.106. The van der Waals surface area contributed by atoms with Gasteiger partial charge in [0, 0.05) is 25.0 Å². The van der Waals surface area contributed by atoms with Crippen LogP contribution in [0.3, 0.4) is 0 Å². The van der Waals surface area contributed by atoms with Crippen molar-refractivity contribution < 1.29 is 4.42 Å². The Bertz CT molecular complexity index is 525. The van der Waals surface area contributed by atoms with Crippen molar-refractivity contribution in [1.82, 2.24) is 14.9 Å². The lowest BCUT2D eigenvalue weighted by atomic mass is 10.1. The quantitative estimate of drug-likeness (QED) is 0.854. The SMILES string of the molecule is Cn1ccnc1SCc1ccc(CNC(C)(C)C)o1. The number of nitrogens with zero attached hydrogens (tertiary/aromatic N) is 2. The van der Waals surface area contributed by atoms with Crippen molar-refractivity contribution in [3.05, 3.63) is 36.0 Å². The standard InChI is InChI=1S/C14H21N3OS/c1-14(2,3)16-9-11-5-6-12(18-11)10-19-13-15-7-8-17(13)4/h5-8,16H,9-10H2,1-4H3. The van der Waals surface area contributed by atoms with Gasteiger partial charge in [0.05, 0.1) is 12.3 Å². The highest BCUT2D eigenvalue weighted by molar-refractivity contribution is 7.98. The predicted octanol–water partition coefficient (Wildman–Crippen LogP) is 3.19. The van der Waals surface area contributed by atoms with Gasteiger partial charge in [-0.15, -0.1) is 0 Å². The zero-order valence-corrected chi connectivity index (χ0v) is 12.8. The predicted molar refractivity (Wildman–Crippen MR) is 78.1 cm³/mol. The van der Waals surface area contributed by atoms with E-state index in [0.717, 1.165) is 29.0 Å². The summed E-state index contributed by atoms with van der Waals surface area (Å²) in [6, 6.07) is 4.07. The molecule has 0 bridgehead atoms. The maximum absolute atomic E-state index is 5.80. The molecule has 0 radical (unpaired) electrons. The van der Waals surface area contributed by atoms with Gasteiger partial charge in [-0.05, 0) is 32.9 Å². The molecular weight excluding hydrogens is 258 g/mol. The van der Waals surface area contributed by atoms with Crippen LogP contribution < -0.4 is 5.32 Å². The van der Waals surface area contributed by atoms with E-state index >= 15 is 0 Å². The van der Waals surface area contributed by atoms with Crippen LogP contribution in [-0.4, -0.2) is 15.1 Å². The zero-order valence-electron chi connectivity index (χ0n) is 11.9. The minimum Gasteiger partial charge on any atom is -0.464 e. The second-order valence-electron chi connectivity index (χ2n) is 5.58. The molecule has 5 heteroatoms. The molecule has 2 heterocycles. The first-order chi connectivity index (χ1) is 8.94. The maximum atomic E-state index is 5.80. The first-order valence-electron chi connectivity index (χ1n) is 6.37. The number of aryl methyl sites for hydroxylation is 1. The van der Waals surface area contributed by atoms with Crippen molar-refractivity contribution in [3.63, 3.8) is 0 Å². The Morgan fingerprint density at radius 1 is 1.32 bits per heavy atom. The smallest absolute Gasteiger partial charge is 0.168 e. The summed E-state index contributed by atoms with van der Waals surface area (Å²) in [6.07, 6.45) is 3.76. The van der Waals surface area contributed by atoms with Gasteiger partial charge in [0.25, 0.3) is 0 Å². The number of thioether (sulfide) groups is 1. The first-order valence-corrected chi connectivity index (χ1v) is 7.35. The normalized spacial score (nSPS) is 12.0. The average Bonchev–Trinajstić information content (AvgIpc) is 2.92. The third-order valence-electron chi connectivity index (χ3n) is 2.63. The van der Waals surface area contributed by atoms with E-state index in [4.69, 9.17) is 4.42 Å². The summed E-state index contributed by atoms with van der Waals surface area (Å²) in [5, 5.41) is 4.42. The minimum absolute atomic E-state index is 0.106. The molecule has 2 aromatic rings. The molecule has 2 rings (SSSR count). The van der Waals surface area contributed by atoms with E-state index in [1.54, 1.807) is 11.8 Å². The molecule has 0 unspecified atom stereocenters. The van der Waals surface area contributed by atoms with Crippen molar-refractivity contribution in [3.8, 4) is 0 Å². The van der Waals surface area contributed by atoms with Crippen LogP contribution in [0.2, 0.25) is 0 Å². The Morgan fingerprint density at radius 2 is 2.05 bits per heavy atom. The van der Waals surface area contributed by atoms with Crippen molar-refractivity contribution >= 4 is 11.8 Å². The van der Waals surface area contributed by atoms with Crippen molar-refractivity contribution in [1.29, 1.82) is 0 Å². The molecule has 0 aliphatic heterocycles. The molecular formula is C14H21N3OS. The molecule has 0 amide bonds. The fourth-order valence-electron chi connectivity index (χ4n) is 1.57. The van der Waals surface area contributed by atoms with Crippen molar-refractivity contribution in [2.45, 2.75) is 43.8 Å². The van der Waals surface area contributed by atoms with Gasteiger partial charge in [0.15, 0.2) is 5.16 Å². The van der Waals surface area contributed by atoms with E-state index in [2.05, 4.69) is 31.1 Å². The molecule has 1 N–H and O–H groups in total. The summed E-state index contributed by atoms with van der Waals surface area (Å²) in [5.74, 6) is 2.77. The highest BCUT2D eigenvalue weighted by Gasteiger charge is 2.10. The Kier molecular flexibility index (Phi) is 4.37. The number of hydrogen-bond donors (Lipinski definition) is 1. The fourth-order valence-corrected chi connectivity index (χ4v) is 2.40. The van der Waals surface area contributed by atoms with Gasteiger partial charge in [0.1, 0.15) is 11.5 Å². The summed E-state index contributed by atoms with van der Waals surface area (Å²) in [5.41, 5.74) is 0.106. The van der Waals surface area contributed by atoms with Crippen LogP contribution in [0, 0.1) is 0 Å². The number of nitrogens with one attached hydrogen (secondary N) is 1. The van der Waals surface area contributed by atoms with Gasteiger partial charge >= 0.3 is 0 Å². The van der Waals surface area contributed by atoms with Gasteiger partial charge in [-0.25, -0.2) is 4.98 Å². The zero-order chi connectivity index (χ0) is 13.9. The second-order valence-corrected chi connectivity index (χ2v) is 6.52. The highest BCUT2D eigenvalue weighted by Crippen LogP contribution is 2.22. The van der Waals surface area contributed by atoms with Gasteiger partial charge < -0.3 is 14.3 Å². The molecule has 0 aliphatic rings. The van der Waals surface area contributed by atoms with Crippen LogP contribution in [0.1, 0.15) is 32.3 Å². The maximum Gasteiger partial charge on any atom is 0.168 e. The van der Waals surface area contributed by atoms with Gasteiger partial charge in [0.2, 0.25) is 0 Å². The number of furan rings is 1. The Hall–Kier alpha value is -1.20. The lowest BCUT2D eigenvalue weighted by Crippen LogP contribution is -2.34. The summed E-state index contributed by atoms with van der Waals surface area (Å²) in [7, 11) is 2.00. The van der Waals surface area contributed by atoms with Gasteiger partial charge in [-0.1, -0.05) is 11.8 Å². The Labute approximate surface area is 118 Å². The van der Waals surface area contributed by atoms with E-state index in [0.29, 0.717) is 0 Å². The van der Waals surface area contributed by atoms with Crippen molar-refractivity contribution in [2.24, 2.45) is 7.05 Å². The van der Waals surface area contributed by atoms with Crippen LogP contribution in [0.25, 0.3) is 0 Å². The van der Waals surface area contributed by atoms with Crippen LogP contribution in [0.5, 0.6) is 0 Å². The molecule has 0 saturated carbocycles. The fraction of sp³-hybridized carbons (Fsp3) is 0.500. The molecule has 0 aliphatic carbocycles. The number of imidazole rings is 1. The summed E-state index contributed by atoms with van der Waals surface area (Å²) < 4.78 is 7.81. The second kappa shape index (κ2) is 5.84. The molecule has 104 valence electrons. The molecule has 4 nitrogen and oxygen atoms in total. The number of rotatable bonds is 5. The highest BCUT2D eigenvalue weighted by atomic mass is 32.2. The topological polar surface area (TPSA) is 43.0 Å². The summed E-state index contributed by atoms with van der Waals surface area (Å²) >= 11 is 1.68. The summed E-state index contributed by atoms with van der Waals surface area (Å²) in [6.45, 7) is 7.20. The third-order valence-corrected chi connectivity index (χ3v) is 3.71. The van der Waals surface area contributed by atoms with Crippen molar-refractivity contribution in [2.75, 3.05) is 0 Å². The van der Waals surface area contributed by atoms with Gasteiger partial charge in [-0.2, -0.15) is 0 Å². The lowest BCUT2D eigenvalue weighted by molar-refractivity contribution is 0.382. The Morgan fingerprint density at radius 3 is 2.68 bits per heavy atom. The van der Waals surface area contributed by atoms with Crippen LogP contribution in [-0.2, 0) is 19.3 Å². The van der Waals surface area contributed by atoms with Crippen LogP contribution >= 0.6 is 11.8 Å². The Balaban J connectivity index is 1.86. The third kappa shape index (κ3) is 4.44. The van der Waals surface area contributed by atoms with Crippen LogP contribution in [0.15, 0.2) is 34.1 Å². The average molecular weight is 279 g/mol. The molecule has 2 aromatic heterocycles. The lowest BCUT2D eigenvalue weighted by Gasteiger charge is -2.19. The molecule has 0 saturated heterocycles. The largest absolute Gasteiger partial charge is 0.464 e. The molecule has 19 heavy (non-hydrogen) atoms. The van der Waals surface area contributed by atoms with Gasteiger partial charge in [-0.3, -0.25) is 0 Å². The van der Waals surface area contributed by atoms with E-state index in [-0.39, 0.29) is 5.54 Å². The van der Waals surface area contributed by atoms with E-state index < -0.39 is 0 Å². The monoisotopic (exact) mass is 279 g/mol. The first kappa shape index (κ1) is 14.2. The van der Waals surface area contributed by atoms with E-state index in [9.17, 15) is 0 Å². The number of hydrogen-bond acceptors (Lipinski definition) is 4. The molecule has 0 aromatic carbocycles. The molecule has 0 atom stereocenters. The van der Waals surface area contributed by atoms with E-state index in [1.165, 1.54) is 0 Å². The number of aromatic nitrogens is 2. The molecule has 0 fully saturated rings. The summed E-state index contributed by atoms with van der Waals surface area (Å²) in [4.78, 5) is 4.28.